The van der Waals surface area contributed by atoms with Gasteiger partial charge in [-0.3, -0.25) is 0 Å². The lowest BCUT2D eigenvalue weighted by Crippen LogP contribution is -2.31. The summed E-state index contributed by atoms with van der Waals surface area (Å²) in [7, 11) is -3.94. The number of alkyl halides is 2. The van der Waals surface area contributed by atoms with Gasteiger partial charge in [-0.05, 0) is 31.4 Å². The fraction of sp³-hybridized carbons (Fsp3) is 0.400. The van der Waals surface area contributed by atoms with Crippen molar-refractivity contribution < 1.29 is 17.2 Å². The number of rotatable bonds is 4. The number of nitrogens with zero attached hydrogens (tertiary/aromatic N) is 3. The normalized spacial score (nSPS) is 19.3. The molecular formula is C15H16ClF2N3O2S. The Morgan fingerprint density at radius 2 is 2.04 bits per heavy atom. The van der Waals surface area contributed by atoms with Crippen LogP contribution in [0.1, 0.15) is 36.7 Å². The summed E-state index contributed by atoms with van der Waals surface area (Å²) in [6, 6.07) is 6.66. The van der Waals surface area contributed by atoms with Crippen LogP contribution in [0.5, 0.6) is 0 Å². The molecule has 1 aromatic carbocycles. The lowest BCUT2D eigenvalue weighted by molar-refractivity contribution is 0.0541. The molecule has 1 aliphatic heterocycles. The van der Waals surface area contributed by atoms with Gasteiger partial charge in [0, 0.05) is 11.6 Å². The minimum Gasteiger partial charge on any atom is -0.207 e. The van der Waals surface area contributed by atoms with Gasteiger partial charge in [0.1, 0.15) is 4.90 Å². The smallest absolute Gasteiger partial charge is 0.207 e. The average Bonchev–Trinajstić information content (AvgIpc) is 3.14. The first kappa shape index (κ1) is 17.3. The van der Waals surface area contributed by atoms with Crippen molar-refractivity contribution >= 4 is 21.6 Å². The van der Waals surface area contributed by atoms with Crippen molar-refractivity contribution in [1.29, 1.82) is 0 Å². The molecule has 2 aromatic rings. The Labute approximate surface area is 143 Å². The summed E-state index contributed by atoms with van der Waals surface area (Å²) in [5, 5.41) is 3.99. The number of hydrogen-bond donors (Lipinski definition) is 0. The van der Waals surface area contributed by atoms with Crippen LogP contribution in [-0.2, 0) is 10.0 Å². The Morgan fingerprint density at radius 3 is 2.67 bits per heavy atom. The topological polar surface area (TPSA) is 55.2 Å². The molecular weight excluding hydrogens is 360 g/mol. The number of sulfonamides is 1. The molecule has 0 unspecified atom stereocenters. The van der Waals surface area contributed by atoms with Crippen molar-refractivity contribution in [2.24, 2.45) is 0 Å². The molecule has 0 bridgehead atoms. The zero-order valence-electron chi connectivity index (χ0n) is 12.9. The molecule has 0 N–H and O–H groups in total. The molecule has 2 heterocycles. The highest BCUT2D eigenvalue weighted by Gasteiger charge is 2.39. The quantitative estimate of drug-likeness (QED) is 0.817. The van der Waals surface area contributed by atoms with E-state index in [2.05, 4.69) is 5.10 Å². The van der Waals surface area contributed by atoms with Crippen molar-refractivity contribution in [2.45, 2.75) is 37.3 Å². The second-order valence-corrected chi connectivity index (χ2v) is 7.88. The van der Waals surface area contributed by atoms with Crippen LogP contribution < -0.4 is 0 Å². The van der Waals surface area contributed by atoms with Crippen LogP contribution in [0.25, 0.3) is 0 Å². The van der Waals surface area contributed by atoms with Crippen LogP contribution >= 0.6 is 11.6 Å². The summed E-state index contributed by atoms with van der Waals surface area (Å²) < 4.78 is 53.4. The van der Waals surface area contributed by atoms with Gasteiger partial charge in [-0.1, -0.05) is 29.8 Å². The first-order valence-corrected chi connectivity index (χ1v) is 9.24. The second kappa shape index (κ2) is 6.42. The zero-order chi connectivity index (χ0) is 17.5. The van der Waals surface area contributed by atoms with Gasteiger partial charge in [0.2, 0.25) is 10.0 Å². The molecule has 9 heteroatoms. The Morgan fingerprint density at radius 1 is 1.33 bits per heavy atom. The standard InChI is InChI=1S/C15H16ClF2N3O2S/c1-10-14(9-19-21(10)15(17)18)24(22,23)20-8-4-7-13(20)11-5-2-3-6-12(11)16/h2-3,5-6,9,13,15H,4,7-8H2,1H3/t13-/m1/s1. The summed E-state index contributed by atoms with van der Waals surface area (Å²) in [6.45, 7) is -1.24. The van der Waals surface area contributed by atoms with E-state index in [4.69, 9.17) is 11.6 Å². The molecule has 1 aromatic heterocycles. The molecule has 1 aliphatic rings. The van der Waals surface area contributed by atoms with Crippen molar-refractivity contribution in [2.75, 3.05) is 6.54 Å². The Kier molecular flexibility index (Phi) is 4.63. The molecule has 1 fully saturated rings. The Bertz CT molecular complexity index is 854. The van der Waals surface area contributed by atoms with Gasteiger partial charge >= 0.3 is 6.55 Å². The van der Waals surface area contributed by atoms with Crippen molar-refractivity contribution in [3.8, 4) is 0 Å². The first-order chi connectivity index (χ1) is 11.3. The third kappa shape index (κ3) is 2.82. The lowest BCUT2D eigenvalue weighted by atomic mass is 10.1. The molecule has 24 heavy (non-hydrogen) atoms. The van der Waals surface area contributed by atoms with Crippen molar-refractivity contribution in [3.63, 3.8) is 0 Å². The van der Waals surface area contributed by atoms with Gasteiger partial charge in [-0.15, -0.1) is 0 Å². The number of aromatic nitrogens is 2. The Balaban J connectivity index is 2.02. The van der Waals surface area contributed by atoms with Crippen LogP contribution in [0.2, 0.25) is 5.02 Å². The SMILES string of the molecule is Cc1c(S(=O)(=O)N2CCC[C@@H]2c2ccccc2Cl)cnn1C(F)F. The van der Waals surface area contributed by atoms with Gasteiger partial charge in [-0.2, -0.15) is 18.2 Å². The summed E-state index contributed by atoms with van der Waals surface area (Å²) in [5.74, 6) is 0. The zero-order valence-corrected chi connectivity index (χ0v) is 14.4. The predicted octanol–water partition coefficient (Wildman–Crippen LogP) is 3.77. The van der Waals surface area contributed by atoms with E-state index in [-0.39, 0.29) is 10.6 Å². The van der Waals surface area contributed by atoms with Gasteiger partial charge in [-0.25, -0.2) is 13.1 Å². The van der Waals surface area contributed by atoms with E-state index in [1.54, 1.807) is 24.3 Å². The molecule has 0 radical (unpaired) electrons. The maximum absolute atomic E-state index is 13.0. The second-order valence-electron chi connectivity index (χ2n) is 5.61. The highest BCUT2D eigenvalue weighted by Crippen LogP contribution is 2.39. The molecule has 0 aliphatic carbocycles. The molecule has 3 rings (SSSR count). The van der Waals surface area contributed by atoms with Gasteiger partial charge in [0.15, 0.2) is 0 Å². The molecule has 1 saturated heterocycles. The molecule has 0 spiro atoms. The molecule has 0 amide bonds. The third-order valence-corrected chi connectivity index (χ3v) is 6.59. The molecule has 1 atom stereocenters. The van der Waals surface area contributed by atoms with Gasteiger partial charge in [0.25, 0.3) is 0 Å². The van der Waals surface area contributed by atoms with E-state index in [0.717, 1.165) is 11.8 Å². The summed E-state index contributed by atoms with van der Waals surface area (Å²) >= 11 is 6.21. The highest BCUT2D eigenvalue weighted by atomic mass is 35.5. The van der Waals surface area contributed by atoms with E-state index in [0.29, 0.717) is 29.1 Å². The number of halogens is 3. The monoisotopic (exact) mass is 375 g/mol. The lowest BCUT2D eigenvalue weighted by Gasteiger charge is -2.25. The number of benzene rings is 1. The van der Waals surface area contributed by atoms with E-state index in [9.17, 15) is 17.2 Å². The van der Waals surface area contributed by atoms with Crippen LogP contribution in [-0.4, -0.2) is 29.0 Å². The van der Waals surface area contributed by atoms with Crippen molar-refractivity contribution in [1.82, 2.24) is 14.1 Å². The highest BCUT2D eigenvalue weighted by molar-refractivity contribution is 7.89. The summed E-state index contributed by atoms with van der Waals surface area (Å²) in [4.78, 5) is -0.193. The van der Waals surface area contributed by atoms with Crippen LogP contribution in [0.15, 0.2) is 35.4 Å². The minimum absolute atomic E-state index is 0.0743. The van der Waals surface area contributed by atoms with E-state index < -0.39 is 22.6 Å². The summed E-state index contributed by atoms with van der Waals surface area (Å²) in [5.41, 5.74) is 0.647. The van der Waals surface area contributed by atoms with E-state index >= 15 is 0 Å². The largest absolute Gasteiger partial charge is 0.333 e. The average molecular weight is 376 g/mol. The van der Waals surface area contributed by atoms with Crippen molar-refractivity contribution in [3.05, 3.63) is 46.7 Å². The Hall–Kier alpha value is -1.51. The van der Waals surface area contributed by atoms with E-state index in [1.807, 2.05) is 0 Å². The van der Waals surface area contributed by atoms with Crippen LogP contribution in [0.3, 0.4) is 0 Å². The van der Waals surface area contributed by atoms with Crippen LogP contribution in [0, 0.1) is 6.92 Å². The number of hydrogen-bond acceptors (Lipinski definition) is 3. The third-order valence-electron chi connectivity index (χ3n) is 4.24. The fourth-order valence-corrected chi connectivity index (χ4v) is 5.15. The fourth-order valence-electron chi connectivity index (χ4n) is 3.07. The maximum atomic E-state index is 13.0. The minimum atomic E-state index is -3.94. The van der Waals surface area contributed by atoms with Crippen LogP contribution in [0.4, 0.5) is 8.78 Å². The molecule has 0 saturated carbocycles. The first-order valence-electron chi connectivity index (χ1n) is 7.42. The predicted molar refractivity (Wildman–Crippen MR) is 85.5 cm³/mol. The van der Waals surface area contributed by atoms with Gasteiger partial charge < -0.3 is 0 Å². The van der Waals surface area contributed by atoms with E-state index in [1.165, 1.54) is 11.2 Å². The van der Waals surface area contributed by atoms with Gasteiger partial charge in [0.05, 0.1) is 17.9 Å². The maximum Gasteiger partial charge on any atom is 0.333 e. The summed E-state index contributed by atoms with van der Waals surface area (Å²) in [6.07, 6.45) is 2.29. The molecule has 130 valence electrons. The molecule has 5 nitrogen and oxygen atoms in total.